The topological polar surface area (TPSA) is 72.7 Å². The summed E-state index contributed by atoms with van der Waals surface area (Å²) in [6.07, 6.45) is 3.47. The molecule has 1 aromatic carbocycles. The van der Waals surface area contributed by atoms with Crippen molar-refractivity contribution in [2.24, 2.45) is 7.05 Å². The van der Waals surface area contributed by atoms with Gasteiger partial charge in [-0.25, -0.2) is 0 Å². The van der Waals surface area contributed by atoms with Gasteiger partial charge in [-0.3, -0.25) is 9.78 Å². The molecule has 0 aliphatic heterocycles. The van der Waals surface area contributed by atoms with Crippen LogP contribution in [0.15, 0.2) is 77.5 Å². The normalized spacial score (nSPS) is 11.9. The van der Waals surface area contributed by atoms with Gasteiger partial charge in [0.2, 0.25) is 5.91 Å². The van der Waals surface area contributed by atoms with E-state index >= 15 is 0 Å². The van der Waals surface area contributed by atoms with E-state index in [-0.39, 0.29) is 17.7 Å². The zero-order chi connectivity index (χ0) is 20.1. The van der Waals surface area contributed by atoms with Crippen LogP contribution >= 0.6 is 23.1 Å². The molecule has 0 aliphatic carbocycles. The largest absolute Gasteiger partial charge is 0.344 e. The first-order valence-corrected chi connectivity index (χ1v) is 10.9. The molecular weight excluding hydrogens is 402 g/mol. The highest BCUT2D eigenvalue weighted by Crippen LogP contribution is 2.27. The molecule has 0 saturated heterocycles. The number of hydrogen-bond donors (Lipinski definition) is 1. The SMILES string of the molecule is Cn1c(SCC(=O)NC(c2ccccc2)c2cccs2)nnc1-c1cccnc1. The molecule has 1 N–H and O–H groups in total. The van der Waals surface area contributed by atoms with Gasteiger partial charge in [0.15, 0.2) is 11.0 Å². The average Bonchev–Trinajstić information content (AvgIpc) is 3.42. The highest BCUT2D eigenvalue weighted by atomic mass is 32.2. The number of benzene rings is 1. The van der Waals surface area contributed by atoms with E-state index < -0.39 is 0 Å². The standard InChI is InChI=1S/C21H19N5OS2/c1-26-20(16-9-5-11-22-13-16)24-25-21(26)29-14-18(27)23-19(17-10-6-12-28-17)15-7-3-2-4-8-15/h2-13,19H,14H2,1H3,(H,23,27). The van der Waals surface area contributed by atoms with Gasteiger partial charge in [-0.15, -0.1) is 21.5 Å². The van der Waals surface area contributed by atoms with E-state index in [4.69, 9.17) is 0 Å². The molecule has 8 heteroatoms. The van der Waals surface area contributed by atoms with Crippen LogP contribution in [0.2, 0.25) is 0 Å². The molecule has 3 heterocycles. The zero-order valence-electron chi connectivity index (χ0n) is 15.7. The van der Waals surface area contributed by atoms with Crippen LogP contribution in [0.1, 0.15) is 16.5 Å². The third kappa shape index (κ3) is 4.55. The molecule has 6 nitrogen and oxygen atoms in total. The van der Waals surface area contributed by atoms with Crippen molar-refractivity contribution in [2.75, 3.05) is 5.75 Å². The molecular formula is C21H19N5OS2. The number of nitrogens with one attached hydrogen (secondary N) is 1. The number of pyridine rings is 1. The van der Waals surface area contributed by atoms with Crippen molar-refractivity contribution in [3.8, 4) is 11.4 Å². The number of rotatable bonds is 7. The summed E-state index contributed by atoms with van der Waals surface area (Å²) in [7, 11) is 1.89. The van der Waals surface area contributed by atoms with Gasteiger partial charge in [-0.1, -0.05) is 48.2 Å². The second-order valence-electron chi connectivity index (χ2n) is 6.32. The Kier molecular flexibility index (Phi) is 6.02. The maximum atomic E-state index is 12.7. The first-order chi connectivity index (χ1) is 14.2. The maximum Gasteiger partial charge on any atom is 0.231 e. The highest BCUT2D eigenvalue weighted by Gasteiger charge is 2.19. The molecule has 1 unspecified atom stereocenters. The van der Waals surface area contributed by atoms with Crippen LogP contribution in [0.3, 0.4) is 0 Å². The Morgan fingerprint density at radius 2 is 2.00 bits per heavy atom. The number of amides is 1. The third-order valence-corrected chi connectivity index (χ3v) is 6.31. The van der Waals surface area contributed by atoms with Gasteiger partial charge in [0.05, 0.1) is 11.8 Å². The van der Waals surface area contributed by atoms with E-state index in [9.17, 15) is 4.79 Å². The Hall–Kier alpha value is -2.97. The lowest BCUT2D eigenvalue weighted by molar-refractivity contribution is -0.119. The van der Waals surface area contributed by atoms with Gasteiger partial charge in [0, 0.05) is 29.9 Å². The quantitative estimate of drug-likeness (QED) is 0.458. The number of nitrogens with zero attached hydrogens (tertiary/aromatic N) is 4. The van der Waals surface area contributed by atoms with Crippen LogP contribution in [-0.4, -0.2) is 31.4 Å². The summed E-state index contributed by atoms with van der Waals surface area (Å²) in [4.78, 5) is 17.9. The van der Waals surface area contributed by atoms with E-state index in [1.54, 1.807) is 23.7 Å². The van der Waals surface area contributed by atoms with Crippen molar-refractivity contribution < 1.29 is 4.79 Å². The number of hydrogen-bond acceptors (Lipinski definition) is 6. The molecule has 1 amide bonds. The molecule has 29 heavy (non-hydrogen) atoms. The molecule has 0 bridgehead atoms. The predicted octanol–water partition coefficient (Wildman–Crippen LogP) is 3.94. The summed E-state index contributed by atoms with van der Waals surface area (Å²) in [5, 5.41) is 14.3. The second kappa shape index (κ2) is 9.02. The summed E-state index contributed by atoms with van der Waals surface area (Å²) in [5.41, 5.74) is 1.95. The first kappa shape index (κ1) is 19.4. The van der Waals surface area contributed by atoms with Crippen molar-refractivity contribution in [3.63, 3.8) is 0 Å². The minimum absolute atomic E-state index is 0.0526. The Morgan fingerprint density at radius 3 is 2.72 bits per heavy atom. The minimum Gasteiger partial charge on any atom is -0.344 e. The van der Waals surface area contributed by atoms with Crippen LogP contribution in [0.4, 0.5) is 0 Å². The Labute approximate surface area is 177 Å². The lowest BCUT2D eigenvalue weighted by Crippen LogP contribution is -2.30. The van der Waals surface area contributed by atoms with Gasteiger partial charge in [0.25, 0.3) is 0 Å². The summed E-state index contributed by atoms with van der Waals surface area (Å²) in [6.45, 7) is 0. The molecule has 0 saturated carbocycles. The van der Waals surface area contributed by atoms with Crippen molar-refractivity contribution in [1.29, 1.82) is 0 Å². The average molecular weight is 422 g/mol. The summed E-state index contributed by atoms with van der Waals surface area (Å²) in [5.74, 6) is 0.929. The molecule has 4 aromatic rings. The molecule has 4 rings (SSSR count). The zero-order valence-corrected chi connectivity index (χ0v) is 17.4. The second-order valence-corrected chi connectivity index (χ2v) is 8.24. The molecule has 0 aliphatic rings. The van der Waals surface area contributed by atoms with Crippen LogP contribution in [0.25, 0.3) is 11.4 Å². The van der Waals surface area contributed by atoms with Crippen LogP contribution < -0.4 is 5.32 Å². The Morgan fingerprint density at radius 1 is 1.14 bits per heavy atom. The van der Waals surface area contributed by atoms with Gasteiger partial charge in [-0.05, 0) is 29.1 Å². The van der Waals surface area contributed by atoms with E-state index in [0.717, 1.165) is 21.8 Å². The smallest absolute Gasteiger partial charge is 0.231 e. The number of thioether (sulfide) groups is 1. The fourth-order valence-electron chi connectivity index (χ4n) is 2.94. The lowest BCUT2D eigenvalue weighted by Gasteiger charge is -2.18. The number of aromatic nitrogens is 4. The number of carbonyl (C=O) groups excluding carboxylic acids is 1. The molecule has 1 atom stereocenters. The lowest BCUT2D eigenvalue weighted by atomic mass is 10.1. The van der Waals surface area contributed by atoms with Crippen LogP contribution in [-0.2, 0) is 11.8 Å². The molecule has 0 radical (unpaired) electrons. The van der Waals surface area contributed by atoms with Gasteiger partial charge in [-0.2, -0.15) is 0 Å². The van der Waals surface area contributed by atoms with Gasteiger partial charge >= 0.3 is 0 Å². The number of carbonyl (C=O) groups is 1. The van der Waals surface area contributed by atoms with E-state index in [1.165, 1.54) is 11.8 Å². The van der Waals surface area contributed by atoms with Crippen molar-refractivity contribution in [3.05, 3.63) is 82.8 Å². The van der Waals surface area contributed by atoms with Crippen molar-refractivity contribution >= 4 is 29.0 Å². The molecule has 3 aromatic heterocycles. The van der Waals surface area contributed by atoms with E-state index in [0.29, 0.717) is 5.16 Å². The van der Waals surface area contributed by atoms with E-state index in [1.807, 2.05) is 71.6 Å². The van der Waals surface area contributed by atoms with Gasteiger partial charge < -0.3 is 9.88 Å². The highest BCUT2D eigenvalue weighted by molar-refractivity contribution is 7.99. The van der Waals surface area contributed by atoms with Gasteiger partial charge in [0.1, 0.15) is 0 Å². The molecule has 146 valence electrons. The minimum atomic E-state index is -0.158. The molecule has 0 spiro atoms. The summed E-state index contributed by atoms with van der Waals surface area (Å²) in [6, 6.07) is 17.7. The predicted molar refractivity (Wildman–Crippen MR) is 116 cm³/mol. The fourth-order valence-corrected chi connectivity index (χ4v) is 4.46. The van der Waals surface area contributed by atoms with Crippen molar-refractivity contribution in [2.45, 2.75) is 11.2 Å². The van der Waals surface area contributed by atoms with E-state index in [2.05, 4.69) is 20.5 Å². The fraction of sp³-hybridized carbons (Fsp3) is 0.143. The number of thiophene rings is 1. The monoisotopic (exact) mass is 421 g/mol. The van der Waals surface area contributed by atoms with Crippen molar-refractivity contribution in [1.82, 2.24) is 25.1 Å². The summed E-state index contributed by atoms with van der Waals surface area (Å²) < 4.78 is 1.88. The molecule has 0 fully saturated rings. The Balaban J connectivity index is 1.44. The summed E-state index contributed by atoms with van der Waals surface area (Å²) >= 11 is 3.00. The first-order valence-electron chi connectivity index (χ1n) is 9.02. The maximum absolute atomic E-state index is 12.7. The third-order valence-electron chi connectivity index (χ3n) is 4.35. The van der Waals surface area contributed by atoms with Crippen LogP contribution in [0.5, 0.6) is 0 Å². The Bertz CT molecular complexity index is 1070. The van der Waals surface area contributed by atoms with Crippen LogP contribution in [0, 0.1) is 0 Å².